The smallest absolute Gasteiger partial charge is 0.262 e. The molecule has 1 aliphatic rings. The number of hydrogen-bond donors (Lipinski definition) is 2. The second-order valence-electron chi connectivity index (χ2n) is 6.42. The fraction of sp³-hybridized carbons (Fsp3) is 0.211. The molecule has 0 unspecified atom stereocenters. The van der Waals surface area contributed by atoms with Gasteiger partial charge in [-0.25, -0.2) is 8.42 Å². The quantitative estimate of drug-likeness (QED) is 0.708. The van der Waals surface area contributed by atoms with Gasteiger partial charge in [0.1, 0.15) is 17.3 Å². The molecule has 0 fully saturated rings. The van der Waals surface area contributed by atoms with Crippen molar-refractivity contribution in [1.29, 1.82) is 0 Å². The summed E-state index contributed by atoms with van der Waals surface area (Å²) < 4.78 is 29.7. The minimum absolute atomic E-state index is 0.104. The summed E-state index contributed by atoms with van der Waals surface area (Å²) in [5.41, 5.74) is 1.81. The maximum atomic E-state index is 12.3. The molecule has 146 valence electrons. The molecular weight excluding hydrogens is 384 g/mol. The van der Waals surface area contributed by atoms with Crippen LogP contribution >= 0.6 is 0 Å². The highest BCUT2D eigenvalue weighted by molar-refractivity contribution is 7.92. The van der Waals surface area contributed by atoms with E-state index < -0.39 is 33.0 Å². The molecule has 8 nitrogen and oxygen atoms in total. The monoisotopic (exact) mass is 402 g/mol. The van der Waals surface area contributed by atoms with Crippen molar-refractivity contribution in [2.24, 2.45) is 0 Å². The van der Waals surface area contributed by atoms with Crippen molar-refractivity contribution in [3.63, 3.8) is 0 Å². The van der Waals surface area contributed by atoms with Gasteiger partial charge < -0.3 is 15.4 Å². The Balaban J connectivity index is 1.65. The summed E-state index contributed by atoms with van der Waals surface area (Å²) in [5, 5.41) is 5.06. The first-order valence-electron chi connectivity index (χ1n) is 8.39. The zero-order chi connectivity index (χ0) is 20.3. The van der Waals surface area contributed by atoms with Crippen molar-refractivity contribution in [3.05, 3.63) is 53.6 Å². The van der Waals surface area contributed by atoms with Crippen LogP contribution in [0.4, 0.5) is 11.4 Å². The molecule has 2 aromatic carbocycles. The van der Waals surface area contributed by atoms with Gasteiger partial charge in [-0.2, -0.15) is 0 Å². The standard InChI is InChI=1S/C19H18N2O6S/c1-12-3-2-4-14(7-12)20-19(24)11-28(25,26)10-16(22)13-5-6-17-15(8-13)21-18(23)9-27-17/h2-8H,9-11H2,1H3,(H,20,24)(H,21,23). The zero-order valence-electron chi connectivity index (χ0n) is 15.0. The Morgan fingerprint density at radius 1 is 1.14 bits per heavy atom. The Morgan fingerprint density at radius 2 is 1.93 bits per heavy atom. The van der Waals surface area contributed by atoms with Crippen LogP contribution in [0.15, 0.2) is 42.5 Å². The first kappa shape index (κ1) is 19.6. The molecule has 2 aromatic rings. The largest absolute Gasteiger partial charge is 0.482 e. The number of fused-ring (bicyclic) bond motifs is 1. The third kappa shape index (κ3) is 4.95. The van der Waals surface area contributed by atoms with Crippen molar-refractivity contribution in [2.45, 2.75) is 6.92 Å². The van der Waals surface area contributed by atoms with Crippen LogP contribution in [0.5, 0.6) is 5.75 Å². The van der Waals surface area contributed by atoms with Gasteiger partial charge in [-0.15, -0.1) is 0 Å². The van der Waals surface area contributed by atoms with Crippen LogP contribution in [0.2, 0.25) is 0 Å². The Bertz CT molecular complexity index is 1060. The number of Topliss-reactive ketones (excluding diaryl/α,β-unsaturated/α-hetero) is 1. The predicted octanol–water partition coefficient (Wildman–Crippen LogP) is 1.56. The molecule has 3 rings (SSSR count). The minimum Gasteiger partial charge on any atom is -0.482 e. The summed E-state index contributed by atoms with van der Waals surface area (Å²) in [6, 6.07) is 11.2. The topological polar surface area (TPSA) is 119 Å². The van der Waals surface area contributed by atoms with Crippen LogP contribution in [0.1, 0.15) is 15.9 Å². The van der Waals surface area contributed by atoms with Crippen LogP contribution < -0.4 is 15.4 Å². The average molecular weight is 402 g/mol. The van der Waals surface area contributed by atoms with Gasteiger partial charge in [0.25, 0.3) is 5.91 Å². The number of ketones is 1. The zero-order valence-corrected chi connectivity index (χ0v) is 15.8. The molecule has 0 bridgehead atoms. The summed E-state index contributed by atoms with van der Waals surface area (Å²) in [5.74, 6) is -2.98. The first-order valence-corrected chi connectivity index (χ1v) is 10.2. The third-order valence-corrected chi connectivity index (χ3v) is 5.34. The van der Waals surface area contributed by atoms with Gasteiger partial charge in [0.05, 0.1) is 5.69 Å². The molecular formula is C19H18N2O6S. The summed E-state index contributed by atoms with van der Waals surface area (Å²) >= 11 is 0. The molecule has 0 radical (unpaired) electrons. The van der Waals surface area contributed by atoms with Crippen molar-refractivity contribution in [2.75, 3.05) is 28.7 Å². The van der Waals surface area contributed by atoms with E-state index in [4.69, 9.17) is 4.74 Å². The molecule has 2 N–H and O–H groups in total. The van der Waals surface area contributed by atoms with E-state index in [0.29, 0.717) is 17.1 Å². The Kier molecular flexibility index (Phi) is 5.46. The maximum Gasteiger partial charge on any atom is 0.262 e. The van der Waals surface area contributed by atoms with Gasteiger partial charge in [-0.3, -0.25) is 14.4 Å². The normalized spacial score (nSPS) is 13.1. The van der Waals surface area contributed by atoms with Crippen LogP contribution in [-0.4, -0.2) is 44.1 Å². The summed E-state index contributed by atoms with van der Waals surface area (Å²) in [7, 11) is -3.97. The number of nitrogens with one attached hydrogen (secondary N) is 2. The molecule has 0 aromatic heterocycles. The number of hydrogen-bond acceptors (Lipinski definition) is 6. The number of carbonyl (C=O) groups excluding carboxylic acids is 3. The number of anilines is 2. The van der Waals surface area contributed by atoms with Crippen LogP contribution in [0, 0.1) is 6.92 Å². The van der Waals surface area contributed by atoms with E-state index in [2.05, 4.69) is 10.6 Å². The molecule has 0 saturated heterocycles. The van der Waals surface area contributed by atoms with Gasteiger partial charge in [-0.05, 0) is 42.8 Å². The van der Waals surface area contributed by atoms with Gasteiger partial charge in [0, 0.05) is 11.3 Å². The number of sulfone groups is 1. The van der Waals surface area contributed by atoms with Gasteiger partial charge >= 0.3 is 0 Å². The molecule has 1 aliphatic heterocycles. The van der Waals surface area contributed by atoms with E-state index in [1.54, 1.807) is 18.2 Å². The van der Waals surface area contributed by atoms with E-state index in [1.807, 2.05) is 13.0 Å². The lowest BCUT2D eigenvalue weighted by atomic mass is 10.1. The van der Waals surface area contributed by atoms with Gasteiger partial charge in [-0.1, -0.05) is 12.1 Å². The average Bonchev–Trinajstić information content (AvgIpc) is 2.59. The Hall–Kier alpha value is -3.20. The molecule has 1 heterocycles. The highest BCUT2D eigenvalue weighted by Gasteiger charge is 2.24. The molecule has 2 amide bonds. The molecule has 9 heteroatoms. The Labute approximate surface area is 161 Å². The lowest BCUT2D eigenvalue weighted by Crippen LogP contribution is -2.28. The Morgan fingerprint density at radius 3 is 2.68 bits per heavy atom. The molecule has 0 spiro atoms. The van der Waals surface area contributed by atoms with E-state index >= 15 is 0 Å². The maximum absolute atomic E-state index is 12.3. The van der Waals surface area contributed by atoms with Crippen molar-refractivity contribution in [3.8, 4) is 5.75 Å². The second kappa shape index (κ2) is 7.81. The van der Waals surface area contributed by atoms with Crippen molar-refractivity contribution < 1.29 is 27.5 Å². The summed E-state index contributed by atoms with van der Waals surface area (Å²) in [4.78, 5) is 35.7. The predicted molar refractivity (Wildman–Crippen MR) is 103 cm³/mol. The number of ether oxygens (including phenoxy) is 1. The van der Waals surface area contributed by atoms with Gasteiger partial charge in [0.2, 0.25) is 5.91 Å². The van der Waals surface area contributed by atoms with E-state index in [1.165, 1.54) is 18.2 Å². The van der Waals surface area contributed by atoms with Crippen LogP contribution in [-0.2, 0) is 19.4 Å². The highest BCUT2D eigenvalue weighted by Crippen LogP contribution is 2.28. The minimum atomic E-state index is -3.97. The number of carbonyl (C=O) groups is 3. The van der Waals surface area contributed by atoms with Crippen LogP contribution in [0.25, 0.3) is 0 Å². The third-order valence-electron chi connectivity index (χ3n) is 3.94. The SMILES string of the molecule is Cc1cccc(NC(=O)CS(=O)(=O)CC(=O)c2ccc3c(c2)NC(=O)CO3)c1. The highest BCUT2D eigenvalue weighted by atomic mass is 32.2. The summed E-state index contributed by atoms with van der Waals surface area (Å²) in [6.07, 6.45) is 0. The van der Waals surface area contributed by atoms with E-state index in [0.717, 1.165) is 5.56 Å². The van der Waals surface area contributed by atoms with Gasteiger partial charge in [0.15, 0.2) is 22.2 Å². The fourth-order valence-corrected chi connectivity index (χ4v) is 3.85. The number of benzene rings is 2. The first-order chi connectivity index (χ1) is 13.2. The lowest BCUT2D eigenvalue weighted by Gasteiger charge is -2.18. The van der Waals surface area contributed by atoms with E-state index in [-0.39, 0.29) is 18.1 Å². The number of rotatable bonds is 6. The lowest BCUT2D eigenvalue weighted by molar-refractivity contribution is -0.118. The second-order valence-corrected chi connectivity index (χ2v) is 8.49. The number of aryl methyl sites for hydroxylation is 1. The van der Waals surface area contributed by atoms with Crippen LogP contribution in [0.3, 0.4) is 0 Å². The molecule has 0 atom stereocenters. The van der Waals surface area contributed by atoms with Crippen molar-refractivity contribution in [1.82, 2.24) is 0 Å². The van der Waals surface area contributed by atoms with Crippen molar-refractivity contribution >= 4 is 38.8 Å². The fourth-order valence-electron chi connectivity index (χ4n) is 2.71. The molecule has 28 heavy (non-hydrogen) atoms. The molecule has 0 saturated carbocycles. The number of amides is 2. The van der Waals surface area contributed by atoms with E-state index in [9.17, 15) is 22.8 Å². The summed E-state index contributed by atoms with van der Waals surface area (Å²) in [6.45, 7) is 1.72. The molecule has 0 aliphatic carbocycles.